The van der Waals surface area contributed by atoms with Crippen LogP contribution in [0.4, 0.5) is 10.2 Å². The second kappa shape index (κ2) is 8.87. The highest BCUT2D eigenvalue weighted by Crippen LogP contribution is 2.43. The molecule has 10 heteroatoms. The molecular weight excluding hydrogens is 389 g/mol. The molecule has 1 aliphatic carbocycles. The van der Waals surface area contributed by atoms with Crippen molar-refractivity contribution in [3.8, 4) is 11.3 Å². The monoisotopic (exact) mass is 409 g/mol. The smallest absolute Gasteiger partial charge is 0.230 e. The summed E-state index contributed by atoms with van der Waals surface area (Å²) in [7, 11) is 0. The molecule has 4 rings (SSSR count). The second-order valence-corrected chi connectivity index (χ2v) is 7.04. The highest BCUT2D eigenvalue weighted by molar-refractivity contribution is 5.57. The van der Waals surface area contributed by atoms with Crippen molar-refractivity contribution >= 4 is 12.2 Å². The Balaban J connectivity index is 1.39. The van der Waals surface area contributed by atoms with E-state index in [2.05, 4.69) is 35.9 Å². The van der Waals surface area contributed by atoms with Gasteiger partial charge in [0, 0.05) is 36.1 Å². The van der Waals surface area contributed by atoms with Gasteiger partial charge >= 0.3 is 0 Å². The van der Waals surface area contributed by atoms with Gasteiger partial charge < -0.3 is 5.32 Å². The van der Waals surface area contributed by atoms with E-state index in [0.29, 0.717) is 41.5 Å². The summed E-state index contributed by atoms with van der Waals surface area (Å²) in [6, 6.07) is 6.69. The first-order valence-corrected chi connectivity index (χ1v) is 9.51. The molecule has 154 valence electrons. The van der Waals surface area contributed by atoms with Crippen molar-refractivity contribution in [3.05, 3.63) is 60.2 Å². The lowest BCUT2D eigenvalue weighted by Gasteiger charge is -2.41. The molecule has 1 aliphatic rings. The summed E-state index contributed by atoms with van der Waals surface area (Å²) < 4.78 is 14.2. The predicted molar refractivity (Wildman–Crippen MR) is 105 cm³/mol. The minimum Gasteiger partial charge on any atom is -0.368 e. The third kappa shape index (κ3) is 4.23. The van der Waals surface area contributed by atoms with Crippen LogP contribution in [0.5, 0.6) is 0 Å². The van der Waals surface area contributed by atoms with Crippen molar-refractivity contribution in [1.29, 1.82) is 0 Å². The van der Waals surface area contributed by atoms with Crippen LogP contribution >= 0.6 is 0 Å². The van der Waals surface area contributed by atoms with Gasteiger partial charge in [0.1, 0.15) is 18.2 Å². The first-order chi connectivity index (χ1) is 14.7. The van der Waals surface area contributed by atoms with Gasteiger partial charge in [-0.1, -0.05) is 6.42 Å². The van der Waals surface area contributed by atoms with Crippen molar-refractivity contribution in [1.82, 2.24) is 30.6 Å². The first kappa shape index (κ1) is 19.8. The van der Waals surface area contributed by atoms with E-state index >= 15 is 0 Å². The molecule has 0 aliphatic heterocycles. The van der Waals surface area contributed by atoms with Gasteiger partial charge in [-0.3, -0.25) is 14.6 Å². The van der Waals surface area contributed by atoms with Gasteiger partial charge in [0.05, 0.1) is 11.4 Å². The number of rotatable bonds is 9. The number of amides is 1. The molecule has 0 unspecified atom stereocenters. The highest BCUT2D eigenvalue weighted by atomic mass is 19.1. The maximum atomic E-state index is 14.2. The van der Waals surface area contributed by atoms with Gasteiger partial charge in [0.2, 0.25) is 6.41 Å². The molecule has 9 nitrogen and oxygen atoms in total. The zero-order valence-corrected chi connectivity index (χ0v) is 16.1. The molecule has 1 fully saturated rings. The molecule has 1 amide bonds. The molecule has 3 aromatic rings. The van der Waals surface area contributed by atoms with Crippen LogP contribution in [0.1, 0.15) is 30.8 Å². The number of pyridine rings is 1. The van der Waals surface area contributed by atoms with Crippen LogP contribution < -0.4 is 10.8 Å². The number of halogens is 1. The quantitative estimate of drug-likeness (QED) is 0.314. The van der Waals surface area contributed by atoms with E-state index in [9.17, 15) is 9.18 Å². The minimum absolute atomic E-state index is 0.0617. The molecule has 3 heterocycles. The maximum Gasteiger partial charge on any atom is 0.230 e. The Morgan fingerprint density at radius 2 is 1.97 bits per heavy atom. The van der Waals surface area contributed by atoms with E-state index in [1.165, 1.54) is 6.07 Å². The molecule has 0 saturated heterocycles. The lowest BCUT2D eigenvalue weighted by atomic mass is 9.66. The van der Waals surface area contributed by atoms with E-state index in [-0.39, 0.29) is 17.8 Å². The fraction of sp³-hybridized carbons (Fsp3) is 0.300. The van der Waals surface area contributed by atoms with Crippen LogP contribution in [0.25, 0.3) is 11.3 Å². The summed E-state index contributed by atoms with van der Waals surface area (Å²) in [5, 5.41) is 11.7. The standard InChI is InChI=1S/C20H20FN7O2/c21-15-3-1-8-22-19(15)20(6-2-7-20)12-25-17-5-4-16(27-28-17)14-9-23-18(24-10-14)11-30-26-13-29/h1,3-5,8-10,13H,2,6-7,11-12H2,(H,25,28)(H,26,29). The molecule has 0 aromatic carbocycles. The Labute approximate surface area is 172 Å². The number of hydroxylamine groups is 1. The summed E-state index contributed by atoms with van der Waals surface area (Å²) in [5.41, 5.74) is 3.60. The highest BCUT2D eigenvalue weighted by Gasteiger charge is 2.41. The van der Waals surface area contributed by atoms with Gasteiger partial charge in [-0.25, -0.2) is 19.8 Å². The van der Waals surface area contributed by atoms with E-state index in [4.69, 9.17) is 4.84 Å². The van der Waals surface area contributed by atoms with Crippen molar-refractivity contribution in [2.24, 2.45) is 0 Å². The first-order valence-electron chi connectivity index (χ1n) is 9.51. The summed E-state index contributed by atoms with van der Waals surface area (Å²) in [6.45, 7) is 0.605. The van der Waals surface area contributed by atoms with Gasteiger partial charge in [-0.05, 0) is 37.1 Å². The average molecular weight is 409 g/mol. The topological polar surface area (TPSA) is 115 Å². The Kier molecular flexibility index (Phi) is 5.84. The SMILES string of the molecule is O=CNOCc1ncc(-c2ccc(NCC3(c4ncccc4F)CCC3)nn2)cn1. The zero-order chi connectivity index (χ0) is 20.8. The number of hydrogen-bond donors (Lipinski definition) is 2. The van der Waals surface area contributed by atoms with E-state index in [0.717, 1.165) is 19.3 Å². The molecule has 0 radical (unpaired) electrons. The molecular formula is C20H20FN7O2. The number of nitrogens with zero attached hydrogens (tertiary/aromatic N) is 5. The van der Waals surface area contributed by atoms with Gasteiger partial charge in [-0.15, -0.1) is 10.2 Å². The van der Waals surface area contributed by atoms with E-state index in [1.807, 2.05) is 12.1 Å². The van der Waals surface area contributed by atoms with E-state index in [1.54, 1.807) is 24.7 Å². The summed E-state index contributed by atoms with van der Waals surface area (Å²) in [4.78, 5) is 27.6. The fourth-order valence-electron chi connectivity index (χ4n) is 3.42. The Morgan fingerprint density at radius 1 is 1.13 bits per heavy atom. The Morgan fingerprint density at radius 3 is 2.60 bits per heavy atom. The van der Waals surface area contributed by atoms with Crippen LogP contribution in [0.2, 0.25) is 0 Å². The van der Waals surface area contributed by atoms with Crippen molar-refractivity contribution in [2.45, 2.75) is 31.3 Å². The number of carbonyl (C=O) groups is 1. The Bertz CT molecular complexity index is 995. The van der Waals surface area contributed by atoms with Crippen LogP contribution in [0.3, 0.4) is 0 Å². The fourth-order valence-corrected chi connectivity index (χ4v) is 3.42. The van der Waals surface area contributed by atoms with Crippen molar-refractivity contribution in [3.63, 3.8) is 0 Å². The van der Waals surface area contributed by atoms with Gasteiger partial charge in [0.15, 0.2) is 5.82 Å². The predicted octanol–water partition coefficient (Wildman–Crippen LogP) is 2.18. The van der Waals surface area contributed by atoms with E-state index < -0.39 is 0 Å². The average Bonchev–Trinajstić information content (AvgIpc) is 2.75. The van der Waals surface area contributed by atoms with Crippen LogP contribution in [0, 0.1) is 5.82 Å². The molecule has 0 atom stereocenters. The molecule has 0 bridgehead atoms. The summed E-state index contributed by atoms with van der Waals surface area (Å²) >= 11 is 0. The summed E-state index contributed by atoms with van der Waals surface area (Å²) in [6.07, 6.45) is 8.09. The largest absolute Gasteiger partial charge is 0.368 e. The summed E-state index contributed by atoms with van der Waals surface area (Å²) in [5.74, 6) is 0.760. The third-order valence-electron chi connectivity index (χ3n) is 5.18. The van der Waals surface area contributed by atoms with Crippen LogP contribution in [0.15, 0.2) is 42.9 Å². The Hall–Kier alpha value is -3.53. The number of carbonyl (C=O) groups excluding carboxylic acids is 1. The second-order valence-electron chi connectivity index (χ2n) is 7.04. The van der Waals surface area contributed by atoms with Crippen LogP contribution in [-0.4, -0.2) is 38.1 Å². The molecule has 1 saturated carbocycles. The third-order valence-corrected chi connectivity index (χ3v) is 5.18. The lowest BCUT2D eigenvalue weighted by Crippen LogP contribution is -2.42. The molecule has 2 N–H and O–H groups in total. The van der Waals surface area contributed by atoms with Gasteiger partial charge in [0.25, 0.3) is 0 Å². The van der Waals surface area contributed by atoms with Gasteiger partial charge in [-0.2, -0.15) is 0 Å². The maximum absolute atomic E-state index is 14.2. The lowest BCUT2D eigenvalue weighted by molar-refractivity contribution is -0.121. The minimum atomic E-state index is -0.309. The molecule has 30 heavy (non-hydrogen) atoms. The number of nitrogens with one attached hydrogen (secondary N) is 2. The van der Waals surface area contributed by atoms with Crippen molar-refractivity contribution in [2.75, 3.05) is 11.9 Å². The number of aromatic nitrogens is 5. The number of anilines is 1. The zero-order valence-electron chi connectivity index (χ0n) is 16.1. The van der Waals surface area contributed by atoms with Crippen molar-refractivity contribution < 1.29 is 14.0 Å². The molecule has 3 aromatic heterocycles. The number of hydrogen-bond acceptors (Lipinski definition) is 8. The molecule has 0 spiro atoms. The normalized spacial score (nSPS) is 14.6. The van der Waals surface area contributed by atoms with Crippen LogP contribution in [-0.2, 0) is 21.7 Å².